The Morgan fingerprint density at radius 2 is 1.06 bits per heavy atom. The SMILES string of the molecule is CCOCC(COC)(COCC)COCC. The molecule has 0 heterocycles. The van der Waals surface area contributed by atoms with Crippen molar-refractivity contribution in [2.75, 3.05) is 53.4 Å². The highest BCUT2D eigenvalue weighted by Crippen LogP contribution is 2.20. The summed E-state index contributed by atoms with van der Waals surface area (Å²) < 4.78 is 21.8. The zero-order valence-corrected chi connectivity index (χ0v) is 11.1. The van der Waals surface area contributed by atoms with Crippen molar-refractivity contribution in [1.82, 2.24) is 0 Å². The minimum atomic E-state index is -0.184. The molecule has 0 aliphatic heterocycles. The van der Waals surface area contributed by atoms with Crippen molar-refractivity contribution in [3.05, 3.63) is 0 Å². The van der Waals surface area contributed by atoms with Gasteiger partial charge < -0.3 is 18.9 Å². The second-order valence-corrected chi connectivity index (χ2v) is 3.84. The summed E-state index contributed by atoms with van der Waals surface area (Å²) in [5.74, 6) is 0. The van der Waals surface area contributed by atoms with Gasteiger partial charge in [-0.3, -0.25) is 0 Å². The number of rotatable bonds is 11. The van der Waals surface area contributed by atoms with Crippen LogP contribution in [0.2, 0.25) is 0 Å². The Hall–Kier alpha value is -0.160. The number of ether oxygens (including phenoxy) is 4. The first-order valence-electron chi connectivity index (χ1n) is 5.96. The molecule has 0 unspecified atom stereocenters. The van der Waals surface area contributed by atoms with Gasteiger partial charge >= 0.3 is 0 Å². The van der Waals surface area contributed by atoms with Crippen LogP contribution in [0, 0.1) is 5.41 Å². The van der Waals surface area contributed by atoms with E-state index in [1.54, 1.807) is 7.11 Å². The summed E-state index contributed by atoms with van der Waals surface area (Å²) in [4.78, 5) is 0. The molecule has 16 heavy (non-hydrogen) atoms. The normalized spacial score (nSPS) is 12.0. The standard InChI is InChI=1S/C12H26O4/c1-5-14-9-12(8-13-4,10-15-6-2)11-16-7-3/h5-11H2,1-4H3. The maximum absolute atomic E-state index is 5.51. The topological polar surface area (TPSA) is 36.9 Å². The van der Waals surface area contributed by atoms with Crippen LogP contribution in [0.1, 0.15) is 20.8 Å². The van der Waals surface area contributed by atoms with E-state index in [1.165, 1.54) is 0 Å². The lowest BCUT2D eigenvalue weighted by Crippen LogP contribution is -2.41. The van der Waals surface area contributed by atoms with Crippen LogP contribution < -0.4 is 0 Å². The summed E-state index contributed by atoms with van der Waals surface area (Å²) in [5.41, 5.74) is -0.184. The van der Waals surface area contributed by atoms with E-state index in [0.717, 1.165) is 0 Å². The van der Waals surface area contributed by atoms with Gasteiger partial charge in [-0.25, -0.2) is 0 Å². The predicted octanol–water partition coefficient (Wildman–Crippen LogP) is 1.73. The van der Waals surface area contributed by atoms with Crippen LogP contribution in [0.4, 0.5) is 0 Å². The summed E-state index contributed by atoms with van der Waals surface area (Å²) in [5, 5.41) is 0. The van der Waals surface area contributed by atoms with Crippen LogP contribution in [0.25, 0.3) is 0 Å². The maximum Gasteiger partial charge on any atom is 0.0637 e. The molecule has 0 bridgehead atoms. The van der Waals surface area contributed by atoms with Gasteiger partial charge in [0, 0.05) is 26.9 Å². The highest BCUT2D eigenvalue weighted by molar-refractivity contribution is 4.79. The lowest BCUT2D eigenvalue weighted by molar-refractivity contribution is -0.0955. The third-order valence-electron chi connectivity index (χ3n) is 2.29. The predicted molar refractivity (Wildman–Crippen MR) is 63.8 cm³/mol. The molecule has 4 nitrogen and oxygen atoms in total. The van der Waals surface area contributed by atoms with Gasteiger partial charge in [0.25, 0.3) is 0 Å². The third-order valence-corrected chi connectivity index (χ3v) is 2.29. The van der Waals surface area contributed by atoms with E-state index >= 15 is 0 Å². The van der Waals surface area contributed by atoms with Crippen LogP contribution in [-0.4, -0.2) is 53.4 Å². The fourth-order valence-electron chi connectivity index (χ4n) is 1.51. The van der Waals surface area contributed by atoms with Crippen molar-refractivity contribution in [1.29, 1.82) is 0 Å². The molecule has 0 atom stereocenters. The van der Waals surface area contributed by atoms with Crippen molar-refractivity contribution in [2.45, 2.75) is 20.8 Å². The van der Waals surface area contributed by atoms with Crippen molar-refractivity contribution in [3.63, 3.8) is 0 Å². The van der Waals surface area contributed by atoms with E-state index in [2.05, 4.69) is 0 Å². The lowest BCUT2D eigenvalue weighted by Gasteiger charge is -2.32. The molecule has 4 heteroatoms. The van der Waals surface area contributed by atoms with Crippen molar-refractivity contribution >= 4 is 0 Å². The zero-order valence-electron chi connectivity index (χ0n) is 11.1. The molecule has 0 N–H and O–H groups in total. The Balaban J connectivity index is 4.32. The van der Waals surface area contributed by atoms with Gasteiger partial charge in [-0.1, -0.05) is 0 Å². The van der Waals surface area contributed by atoms with Crippen LogP contribution in [0.15, 0.2) is 0 Å². The molecular formula is C12H26O4. The maximum atomic E-state index is 5.51. The first-order chi connectivity index (χ1) is 7.74. The van der Waals surface area contributed by atoms with E-state index in [9.17, 15) is 0 Å². The second-order valence-electron chi connectivity index (χ2n) is 3.84. The van der Waals surface area contributed by atoms with Crippen molar-refractivity contribution < 1.29 is 18.9 Å². The molecule has 0 saturated carbocycles. The molecule has 0 aliphatic rings. The first-order valence-corrected chi connectivity index (χ1v) is 5.96. The summed E-state index contributed by atoms with van der Waals surface area (Å²) >= 11 is 0. The monoisotopic (exact) mass is 234 g/mol. The molecule has 0 saturated heterocycles. The molecule has 0 aromatic carbocycles. The molecule has 0 radical (unpaired) electrons. The Morgan fingerprint density at radius 1 is 0.688 bits per heavy atom. The van der Waals surface area contributed by atoms with E-state index in [4.69, 9.17) is 18.9 Å². The van der Waals surface area contributed by atoms with Crippen LogP contribution in [-0.2, 0) is 18.9 Å². The lowest BCUT2D eigenvalue weighted by atomic mass is 9.92. The highest BCUT2D eigenvalue weighted by atomic mass is 16.5. The Labute approximate surface area is 99.2 Å². The molecule has 0 spiro atoms. The minimum Gasteiger partial charge on any atom is -0.384 e. The van der Waals surface area contributed by atoms with E-state index in [1.807, 2.05) is 20.8 Å². The number of hydrogen-bond donors (Lipinski definition) is 0. The van der Waals surface area contributed by atoms with Gasteiger partial charge in [-0.15, -0.1) is 0 Å². The van der Waals surface area contributed by atoms with E-state index in [0.29, 0.717) is 46.2 Å². The minimum absolute atomic E-state index is 0.184. The summed E-state index contributed by atoms with van der Waals surface area (Å²) in [6, 6.07) is 0. The van der Waals surface area contributed by atoms with Gasteiger partial charge in [0.05, 0.1) is 31.8 Å². The van der Waals surface area contributed by atoms with Gasteiger partial charge in [0.1, 0.15) is 0 Å². The van der Waals surface area contributed by atoms with Crippen molar-refractivity contribution in [3.8, 4) is 0 Å². The van der Waals surface area contributed by atoms with E-state index in [-0.39, 0.29) is 5.41 Å². The molecule has 98 valence electrons. The molecule has 0 aromatic rings. The quantitative estimate of drug-likeness (QED) is 0.545. The Kier molecular flexibility index (Phi) is 9.92. The molecule has 0 fully saturated rings. The molecule has 0 aromatic heterocycles. The van der Waals surface area contributed by atoms with Gasteiger partial charge in [0.15, 0.2) is 0 Å². The highest BCUT2D eigenvalue weighted by Gasteiger charge is 2.31. The van der Waals surface area contributed by atoms with Crippen LogP contribution in [0.5, 0.6) is 0 Å². The first kappa shape index (κ1) is 15.8. The zero-order chi connectivity index (χ0) is 12.3. The second kappa shape index (κ2) is 10.0. The van der Waals surface area contributed by atoms with Crippen LogP contribution >= 0.6 is 0 Å². The number of methoxy groups -OCH3 is 1. The van der Waals surface area contributed by atoms with Gasteiger partial charge in [0.2, 0.25) is 0 Å². The summed E-state index contributed by atoms with van der Waals surface area (Å²) in [6.07, 6.45) is 0. The smallest absolute Gasteiger partial charge is 0.0637 e. The van der Waals surface area contributed by atoms with Gasteiger partial charge in [-0.2, -0.15) is 0 Å². The number of hydrogen-bond acceptors (Lipinski definition) is 4. The largest absolute Gasteiger partial charge is 0.384 e. The third kappa shape index (κ3) is 6.43. The van der Waals surface area contributed by atoms with Gasteiger partial charge in [-0.05, 0) is 20.8 Å². The fourth-order valence-corrected chi connectivity index (χ4v) is 1.51. The average molecular weight is 234 g/mol. The fraction of sp³-hybridized carbons (Fsp3) is 1.00. The molecule has 0 rings (SSSR count). The molecule has 0 amide bonds. The van der Waals surface area contributed by atoms with Crippen LogP contribution in [0.3, 0.4) is 0 Å². The Morgan fingerprint density at radius 3 is 1.31 bits per heavy atom. The molecule has 0 aliphatic carbocycles. The Bertz CT molecular complexity index is 128. The van der Waals surface area contributed by atoms with Crippen molar-refractivity contribution in [2.24, 2.45) is 5.41 Å². The average Bonchev–Trinajstić information content (AvgIpc) is 2.31. The summed E-state index contributed by atoms with van der Waals surface area (Å²) in [6.45, 7) is 10.5. The van der Waals surface area contributed by atoms with E-state index < -0.39 is 0 Å². The molecular weight excluding hydrogens is 208 g/mol. The summed E-state index contributed by atoms with van der Waals surface area (Å²) in [7, 11) is 1.69.